The first-order chi connectivity index (χ1) is 18.4. The van der Waals surface area contributed by atoms with Gasteiger partial charge in [0, 0.05) is 39.6 Å². The lowest BCUT2D eigenvalue weighted by Gasteiger charge is -2.12. The van der Waals surface area contributed by atoms with Crippen molar-refractivity contribution in [2.24, 2.45) is 0 Å². The molecule has 5 heteroatoms. The molecule has 3 heterocycles. The lowest BCUT2D eigenvalue weighted by atomic mass is 9.96. The molecule has 3 aromatic heterocycles. The van der Waals surface area contributed by atoms with Crippen molar-refractivity contribution in [1.82, 2.24) is 24.5 Å². The normalized spacial score (nSPS) is 11.8. The summed E-state index contributed by atoms with van der Waals surface area (Å²) in [5, 5.41) is 6.70. The van der Waals surface area contributed by atoms with Gasteiger partial charge < -0.3 is 4.57 Å². The molecule has 37 heavy (non-hydrogen) atoms. The van der Waals surface area contributed by atoms with Crippen molar-refractivity contribution in [2.45, 2.75) is 0 Å². The maximum atomic E-state index is 4.56. The molecule has 0 saturated heterocycles. The fraction of sp³-hybridized carbons (Fsp3) is 0. The number of para-hydroxylation sites is 2. The highest BCUT2D eigenvalue weighted by Crippen LogP contribution is 2.36. The molecule has 0 saturated carbocycles. The number of benzene rings is 5. The van der Waals surface area contributed by atoms with E-state index in [0.29, 0.717) is 0 Å². The third-order valence-corrected chi connectivity index (χ3v) is 7.27. The van der Waals surface area contributed by atoms with E-state index in [2.05, 4.69) is 115 Å². The summed E-state index contributed by atoms with van der Waals surface area (Å²) in [7, 11) is 0. The molecule has 0 bridgehead atoms. The fourth-order valence-corrected chi connectivity index (χ4v) is 5.64. The SMILES string of the molecule is c1cc(-c2ccc3c(c2)c2cncnc2c2ncncc32)cc(-n2c3ccccc3c3ccccc32)c1. The second-order valence-corrected chi connectivity index (χ2v) is 9.25. The number of hydrogen-bond acceptors (Lipinski definition) is 4. The third-order valence-electron chi connectivity index (χ3n) is 7.27. The summed E-state index contributed by atoms with van der Waals surface area (Å²) < 4.78 is 2.35. The zero-order chi connectivity index (χ0) is 24.3. The zero-order valence-electron chi connectivity index (χ0n) is 19.7. The Morgan fingerprint density at radius 2 is 1.08 bits per heavy atom. The molecule has 0 atom stereocenters. The average molecular weight is 474 g/mol. The molecule has 5 aromatic carbocycles. The summed E-state index contributed by atoms with van der Waals surface area (Å²) in [6, 6.07) is 32.5. The first-order valence-electron chi connectivity index (χ1n) is 12.2. The van der Waals surface area contributed by atoms with Gasteiger partial charge in [-0.25, -0.2) is 19.9 Å². The van der Waals surface area contributed by atoms with E-state index in [1.807, 2.05) is 12.4 Å². The highest BCUT2D eigenvalue weighted by Gasteiger charge is 2.14. The molecule has 0 radical (unpaired) electrons. The largest absolute Gasteiger partial charge is 0.309 e. The average Bonchev–Trinajstić information content (AvgIpc) is 3.32. The fourth-order valence-electron chi connectivity index (χ4n) is 5.64. The summed E-state index contributed by atoms with van der Waals surface area (Å²) in [4.78, 5) is 17.7. The van der Waals surface area contributed by atoms with Crippen LogP contribution in [0.5, 0.6) is 0 Å². The predicted octanol–water partition coefficient (Wildman–Crippen LogP) is 7.49. The van der Waals surface area contributed by atoms with Gasteiger partial charge in [-0.2, -0.15) is 0 Å². The highest BCUT2D eigenvalue weighted by molar-refractivity contribution is 6.23. The number of hydrogen-bond donors (Lipinski definition) is 0. The van der Waals surface area contributed by atoms with E-state index in [1.54, 1.807) is 12.7 Å². The van der Waals surface area contributed by atoms with Crippen LogP contribution in [0.1, 0.15) is 0 Å². The van der Waals surface area contributed by atoms with Crippen molar-refractivity contribution in [3.8, 4) is 16.8 Å². The molecule has 0 aliphatic heterocycles. The molecule has 0 N–H and O–H groups in total. The first-order valence-corrected chi connectivity index (χ1v) is 12.2. The van der Waals surface area contributed by atoms with E-state index in [9.17, 15) is 0 Å². The number of fused-ring (bicyclic) bond motifs is 9. The Labute approximate surface area is 211 Å². The number of nitrogens with zero attached hydrogens (tertiary/aromatic N) is 5. The van der Waals surface area contributed by atoms with Crippen LogP contribution in [-0.4, -0.2) is 24.5 Å². The Morgan fingerprint density at radius 3 is 1.78 bits per heavy atom. The molecular weight excluding hydrogens is 454 g/mol. The van der Waals surface area contributed by atoms with E-state index < -0.39 is 0 Å². The highest BCUT2D eigenvalue weighted by atomic mass is 15.0. The zero-order valence-corrected chi connectivity index (χ0v) is 19.7. The second-order valence-electron chi connectivity index (χ2n) is 9.25. The van der Waals surface area contributed by atoms with Crippen LogP contribution in [0.2, 0.25) is 0 Å². The quantitative estimate of drug-likeness (QED) is 0.244. The molecule has 5 nitrogen and oxygen atoms in total. The van der Waals surface area contributed by atoms with Crippen LogP contribution < -0.4 is 0 Å². The monoisotopic (exact) mass is 473 g/mol. The van der Waals surface area contributed by atoms with Crippen LogP contribution in [0.4, 0.5) is 0 Å². The smallest absolute Gasteiger partial charge is 0.116 e. The van der Waals surface area contributed by atoms with Gasteiger partial charge >= 0.3 is 0 Å². The Balaban J connectivity index is 1.38. The van der Waals surface area contributed by atoms with Gasteiger partial charge in [-0.15, -0.1) is 0 Å². The summed E-state index contributed by atoms with van der Waals surface area (Å²) in [5.74, 6) is 0. The molecule has 0 aliphatic carbocycles. The lowest BCUT2D eigenvalue weighted by Crippen LogP contribution is -1.94. The number of rotatable bonds is 2. The van der Waals surface area contributed by atoms with Crippen molar-refractivity contribution < 1.29 is 0 Å². The van der Waals surface area contributed by atoms with E-state index in [1.165, 1.54) is 21.8 Å². The molecular formula is C32H19N5. The number of aromatic nitrogens is 5. The van der Waals surface area contributed by atoms with Gasteiger partial charge in [0.15, 0.2) is 0 Å². The van der Waals surface area contributed by atoms with Crippen molar-refractivity contribution in [3.63, 3.8) is 0 Å². The van der Waals surface area contributed by atoms with Gasteiger partial charge in [-0.05, 0) is 52.2 Å². The van der Waals surface area contributed by atoms with Gasteiger partial charge in [0.2, 0.25) is 0 Å². The maximum absolute atomic E-state index is 4.56. The van der Waals surface area contributed by atoms with Crippen molar-refractivity contribution in [2.75, 3.05) is 0 Å². The van der Waals surface area contributed by atoms with E-state index >= 15 is 0 Å². The van der Waals surface area contributed by atoms with Gasteiger partial charge in [-0.1, -0.05) is 60.7 Å². The topological polar surface area (TPSA) is 56.5 Å². The summed E-state index contributed by atoms with van der Waals surface area (Å²) in [6.07, 6.45) is 6.90. The Morgan fingerprint density at radius 1 is 0.459 bits per heavy atom. The lowest BCUT2D eigenvalue weighted by molar-refractivity contribution is 1.18. The molecule has 0 spiro atoms. The molecule has 0 aliphatic rings. The van der Waals surface area contributed by atoms with Crippen LogP contribution >= 0.6 is 0 Å². The summed E-state index contributed by atoms with van der Waals surface area (Å²) in [5.41, 5.74) is 7.52. The van der Waals surface area contributed by atoms with Gasteiger partial charge in [0.1, 0.15) is 23.7 Å². The molecule has 0 amide bonds. The minimum atomic E-state index is 0.844. The Kier molecular flexibility index (Phi) is 4.16. The van der Waals surface area contributed by atoms with Crippen LogP contribution in [-0.2, 0) is 0 Å². The standard InChI is InChI=1S/C32H19N5/c1-3-10-29-24(8-1)25-9-2-4-11-30(25)37(29)22-7-5-6-20(14-22)21-12-13-23-26(15-21)28-17-34-19-36-32(28)31-27(23)16-33-18-35-31/h1-19H. The second kappa shape index (κ2) is 7.67. The van der Waals surface area contributed by atoms with Crippen LogP contribution in [0.3, 0.4) is 0 Å². The minimum Gasteiger partial charge on any atom is -0.309 e. The Hall–Kier alpha value is -5.16. The predicted molar refractivity (Wildman–Crippen MR) is 150 cm³/mol. The third kappa shape index (κ3) is 2.91. The summed E-state index contributed by atoms with van der Waals surface area (Å²) >= 11 is 0. The van der Waals surface area contributed by atoms with Gasteiger partial charge in [0.25, 0.3) is 0 Å². The van der Waals surface area contributed by atoms with Crippen molar-refractivity contribution >= 4 is 54.4 Å². The van der Waals surface area contributed by atoms with Crippen LogP contribution in [0.25, 0.3) is 71.2 Å². The van der Waals surface area contributed by atoms with Gasteiger partial charge in [-0.3, -0.25) is 0 Å². The van der Waals surface area contributed by atoms with Crippen molar-refractivity contribution in [3.05, 3.63) is 116 Å². The van der Waals surface area contributed by atoms with Crippen molar-refractivity contribution in [1.29, 1.82) is 0 Å². The van der Waals surface area contributed by atoms with Crippen LogP contribution in [0.15, 0.2) is 116 Å². The van der Waals surface area contributed by atoms with E-state index in [-0.39, 0.29) is 0 Å². The molecule has 172 valence electrons. The maximum Gasteiger partial charge on any atom is 0.116 e. The van der Waals surface area contributed by atoms with E-state index in [4.69, 9.17) is 0 Å². The van der Waals surface area contributed by atoms with E-state index in [0.717, 1.165) is 49.4 Å². The first kappa shape index (κ1) is 20.1. The molecule has 0 unspecified atom stereocenters. The molecule has 8 aromatic rings. The minimum absolute atomic E-state index is 0.844. The Bertz CT molecular complexity index is 2070. The van der Waals surface area contributed by atoms with Gasteiger partial charge in [0.05, 0.1) is 11.0 Å². The summed E-state index contributed by atoms with van der Waals surface area (Å²) in [6.45, 7) is 0. The van der Waals surface area contributed by atoms with Crippen LogP contribution in [0, 0.1) is 0 Å². The molecule has 8 rings (SSSR count). The molecule has 0 fully saturated rings.